The van der Waals surface area contributed by atoms with Gasteiger partial charge in [0.15, 0.2) is 5.13 Å². The molecular formula is C26H27N3O5S2. The number of nitrogens with zero attached hydrogens (tertiary/aromatic N) is 2. The molecule has 4 aromatic rings. The largest absolute Gasteiger partial charge is 0.491 e. The van der Waals surface area contributed by atoms with Crippen molar-refractivity contribution in [2.45, 2.75) is 13.3 Å². The number of pyridine rings is 1. The number of anilines is 2. The molecule has 36 heavy (non-hydrogen) atoms. The summed E-state index contributed by atoms with van der Waals surface area (Å²) in [4.78, 5) is 23.2. The maximum Gasteiger partial charge on any atom is 0.339 e. The van der Waals surface area contributed by atoms with E-state index in [4.69, 9.17) is 19.2 Å². The first-order chi connectivity index (χ1) is 17.5. The van der Waals surface area contributed by atoms with E-state index >= 15 is 0 Å². The molecule has 0 aliphatic carbocycles. The van der Waals surface area contributed by atoms with Gasteiger partial charge in [0.05, 0.1) is 18.9 Å². The first-order valence-electron chi connectivity index (χ1n) is 11.3. The van der Waals surface area contributed by atoms with Crippen LogP contribution in [0.1, 0.15) is 20.8 Å². The summed E-state index contributed by atoms with van der Waals surface area (Å²) in [6.07, 6.45) is 2.35. The summed E-state index contributed by atoms with van der Waals surface area (Å²) in [6, 6.07) is 11.4. The molecule has 188 valence electrons. The third-order valence-electron chi connectivity index (χ3n) is 5.37. The highest BCUT2D eigenvalue weighted by Gasteiger charge is 2.19. The number of thiophene rings is 1. The highest BCUT2D eigenvalue weighted by molar-refractivity contribution is 7.16. The molecule has 0 aliphatic rings. The SMILES string of the molecule is COCCOc1ccc(-c2nc(Nc3ncc(-c4cccs4)cc3C(=O)O)sc2CCOC)cc1C. The Hall–Kier alpha value is -3.31. The van der Waals surface area contributed by atoms with E-state index in [-0.39, 0.29) is 11.4 Å². The van der Waals surface area contributed by atoms with Crippen molar-refractivity contribution in [1.29, 1.82) is 0 Å². The third kappa shape index (κ3) is 6.08. The number of rotatable bonds is 12. The summed E-state index contributed by atoms with van der Waals surface area (Å²) in [5, 5.41) is 15.5. The van der Waals surface area contributed by atoms with Crippen LogP contribution in [0.25, 0.3) is 21.7 Å². The predicted molar refractivity (Wildman–Crippen MR) is 143 cm³/mol. The Labute approximate surface area is 217 Å². The first kappa shape index (κ1) is 25.8. The summed E-state index contributed by atoms with van der Waals surface area (Å²) < 4.78 is 16.1. The molecule has 0 unspecified atom stereocenters. The van der Waals surface area contributed by atoms with Crippen molar-refractivity contribution >= 4 is 39.6 Å². The fourth-order valence-corrected chi connectivity index (χ4v) is 5.27. The quantitative estimate of drug-likeness (QED) is 0.221. The summed E-state index contributed by atoms with van der Waals surface area (Å²) in [6.45, 7) is 3.53. The minimum Gasteiger partial charge on any atom is -0.491 e. The lowest BCUT2D eigenvalue weighted by molar-refractivity contribution is 0.0697. The zero-order chi connectivity index (χ0) is 25.5. The Kier molecular flexibility index (Phi) is 8.65. The van der Waals surface area contributed by atoms with Gasteiger partial charge in [-0.1, -0.05) is 6.07 Å². The molecule has 0 fully saturated rings. The monoisotopic (exact) mass is 525 g/mol. The van der Waals surface area contributed by atoms with Crippen molar-refractivity contribution in [2.24, 2.45) is 0 Å². The molecule has 1 aromatic carbocycles. The normalized spacial score (nSPS) is 11.0. The fraction of sp³-hybridized carbons (Fsp3) is 0.269. The molecule has 0 bridgehead atoms. The molecule has 0 saturated heterocycles. The molecule has 0 amide bonds. The van der Waals surface area contributed by atoms with E-state index in [2.05, 4.69) is 10.3 Å². The van der Waals surface area contributed by atoms with E-state index in [9.17, 15) is 9.90 Å². The van der Waals surface area contributed by atoms with Crippen LogP contribution in [0.15, 0.2) is 48.0 Å². The van der Waals surface area contributed by atoms with Crippen LogP contribution >= 0.6 is 22.7 Å². The van der Waals surface area contributed by atoms with Crippen LogP contribution in [0.4, 0.5) is 10.9 Å². The van der Waals surface area contributed by atoms with E-state index in [1.54, 1.807) is 26.5 Å². The molecule has 3 heterocycles. The Balaban J connectivity index is 1.64. The summed E-state index contributed by atoms with van der Waals surface area (Å²) >= 11 is 2.99. The van der Waals surface area contributed by atoms with Crippen LogP contribution in [0.2, 0.25) is 0 Å². The summed E-state index contributed by atoms with van der Waals surface area (Å²) in [5.41, 5.74) is 3.60. The molecular weight excluding hydrogens is 498 g/mol. The molecule has 0 radical (unpaired) electrons. The van der Waals surface area contributed by atoms with Crippen LogP contribution in [-0.4, -0.2) is 55.1 Å². The Morgan fingerprint density at radius 3 is 2.61 bits per heavy atom. The van der Waals surface area contributed by atoms with Crippen LogP contribution in [0.5, 0.6) is 5.75 Å². The Morgan fingerprint density at radius 1 is 1.08 bits per heavy atom. The molecule has 8 nitrogen and oxygen atoms in total. The number of carbonyl (C=O) groups is 1. The van der Waals surface area contributed by atoms with Crippen LogP contribution in [0.3, 0.4) is 0 Å². The van der Waals surface area contributed by atoms with Crippen molar-refractivity contribution in [1.82, 2.24) is 9.97 Å². The van der Waals surface area contributed by atoms with Crippen molar-refractivity contribution in [3.63, 3.8) is 0 Å². The fourth-order valence-electron chi connectivity index (χ4n) is 3.59. The van der Waals surface area contributed by atoms with Crippen molar-refractivity contribution in [3.8, 4) is 27.4 Å². The molecule has 0 aliphatic heterocycles. The number of thiazole rings is 1. The first-order valence-corrected chi connectivity index (χ1v) is 13.0. The second-order valence-corrected chi connectivity index (χ2v) is 9.91. The van der Waals surface area contributed by atoms with E-state index in [0.717, 1.165) is 37.9 Å². The second-order valence-electron chi connectivity index (χ2n) is 7.88. The molecule has 3 aromatic heterocycles. The number of hydrogen-bond acceptors (Lipinski definition) is 9. The van der Waals surface area contributed by atoms with Gasteiger partial charge in [-0.25, -0.2) is 14.8 Å². The molecule has 0 spiro atoms. The lowest BCUT2D eigenvalue weighted by Gasteiger charge is -2.10. The van der Waals surface area contributed by atoms with E-state index in [1.807, 2.05) is 42.6 Å². The average Bonchev–Trinajstić information content (AvgIpc) is 3.54. The predicted octanol–water partition coefficient (Wildman–Crippen LogP) is 5.90. The highest BCUT2D eigenvalue weighted by atomic mass is 32.1. The van der Waals surface area contributed by atoms with E-state index in [1.165, 1.54) is 22.7 Å². The van der Waals surface area contributed by atoms with E-state index < -0.39 is 5.97 Å². The van der Waals surface area contributed by atoms with Crippen molar-refractivity contribution in [3.05, 3.63) is 64.0 Å². The van der Waals surface area contributed by atoms with Gasteiger partial charge in [0.2, 0.25) is 0 Å². The standard InChI is InChI=1S/C26H27N3O5S2/c1-16-13-17(6-7-20(16)34-11-10-33-3)23-22(8-9-32-2)36-26(28-23)29-24-19(25(30)31)14-18(15-27-24)21-5-4-12-35-21/h4-7,12-15H,8-11H2,1-3H3,(H,30,31)(H,27,28,29). The topological polar surface area (TPSA) is 103 Å². The maximum absolute atomic E-state index is 12.0. The maximum atomic E-state index is 12.0. The lowest BCUT2D eigenvalue weighted by Crippen LogP contribution is -2.05. The van der Waals surface area contributed by atoms with Crippen molar-refractivity contribution in [2.75, 3.05) is 39.4 Å². The van der Waals surface area contributed by atoms with Gasteiger partial charge >= 0.3 is 5.97 Å². The Bertz CT molecular complexity index is 1320. The van der Waals surface area contributed by atoms with Gasteiger partial charge in [-0.15, -0.1) is 22.7 Å². The minimum atomic E-state index is -1.06. The van der Waals surface area contributed by atoms with E-state index in [0.29, 0.717) is 31.4 Å². The summed E-state index contributed by atoms with van der Waals surface area (Å²) in [5.74, 6) is -0.0112. The third-order valence-corrected chi connectivity index (χ3v) is 7.32. The zero-order valence-corrected chi connectivity index (χ0v) is 21.9. The number of carboxylic acids is 1. The molecule has 0 saturated carbocycles. The number of carboxylic acid groups (broad SMARTS) is 1. The number of aryl methyl sites for hydroxylation is 1. The number of hydrogen-bond donors (Lipinski definition) is 2. The number of aromatic carboxylic acids is 1. The molecule has 2 N–H and O–H groups in total. The number of benzene rings is 1. The Morgan fingerprint density at radius 2 is 1.92 bits per heavy atom. The summed E-state index contributed by atoms with van der Waals surface area (Å²) in [7, 11) is 3.30. The van der Waals surface area contributed by atoms with Gasteiger partial charge in [-0.2, -0.15) is 0 Å². The van der Waals surface area contributed by atoms with Gasteiger partial charge in [0.25, 0.3) is 0 Å². The smallest absolute Gasteiger partial charge is 0.339 e. The van der Waals surface area contributed by atoms with Gasteiger partial charge < -0.3 is 24.6 Å². The second kappa shape index (κ2) is 12.1. The van der Waals surface area contributed by atoms with Gasteiger partial charge in [-0.3, -0.25) is 0 Å². The number of ether oxygens (including phenoxy) is 3. The zero-order valence-electron chi connectivity index (χ0n) is 20.2. The molecule has 0 atom stereocenters. The molecule has 10 heteroatoms. The van der Waals surface area contributed by atoms with Crippen LogP contribution in [-0.2, 0) is 15.9 Å². The van der Waals surface area contributed by atoms with Gasteiger partial charge in [0.1, 0.15) is 23.7 Å². The van der Waals surface area contributed by atoms with Gasteiger partial charge in [-0.05, 0) is 48.2 Å². The minimum absolute atomic E-state index is 0.0875. The highest BCUT2D eigenvalue weighted by Crippen LogP contribution is 2.36. The van der Waals surface area contributed by atoms with Gasteiger partial charge in [0, 0.05) is 47.7 Å². The lowest BCUT2D eigenvalue weighted by atomic mass is 10.1. The number of methoxy groups -OCH3 is 2. The molecule has 4 rings (SSSR count). The number of nitrogens with one attached hydrogen (secondary N) is 1. The van der Waals surface area contributed by atoms with Crippen molar-refractivity contribution < 1.29 is 24.1 Å². The number of aromatic nitrogens is 2. The average molecular weight is 526 g/mol. The van der Waals surface area contributed by atoms with Crippen LogP contribution < -0.4 is 10.1 Å². The van der Waals surface area contributed by atoms with Crippen LogP contribution in [0, 0.1) is 6.92 Å².